The van der Waals surface area contributed by atoms with Gasteiger partial charge in [-0.2, -0.15) is 0 Å². The fourth-order valence-electron chi connectivity index (χ4n) is 2.06. The molecule has 0 spiro atoms. The highest BCUT2D eigenvalue weighted by molar-refractivity contribution is 5.78. The molecule has 1 rings (SSSR count). The molecule has 0 radical (unpaired) electrons. The van der Waals surface area contributed by atoms with Crippen LogP contribution in [0.4, 0.5) is 0 Å². The van der Waals surface area contributed by atoms with Gasteiger partial charge in [-0.3, -0.25) is 4.79 Å². The lowest BCUT2D eigenvalue weighted by molar-refractivity contribution is -0.120. The van der Waals surface area contributed by atoms with E-state index in [1.807, 2.05) is 0 Å². The fourth-order valence-corrected chi connectivity index (χ4v) is 2.06. The molecular formula is C13H26N2O. The van der Waals surface area contributed by atoms with Gasteiger partial charge in [-0.1, -0.05) is 19.3 Å². The van der Waals surface area contributed by atoms with Crippen LogP contribution in [0, 0.1) is 5.92 Å². The first-order chi connectivity index (χ1) is 7.47. The minimum absolute atomic E-state index is 0.0161. The molecule has 94 valence electrons. The summed E-state index contributed by atoms with van der Waals surface area (Å²) in [6, 6.07) is 0. The number of carbonyl (C=O) groups excluding carboxylic acids is 1. The molecule has 3 heteroatoms. The normalized spacial score (nSPS) is 18.4. The van der Waals surface area contributed by atoms with Crippen LogP contribution in [0.25, 0.3) is 0 Å². The van der Waals surface area contributed by atoms with Crippen molar-refractivity contribution in [2.45, 2.75) is 58.4 Å². The summed E-state index contributed by atoms with van der Waals surface area (Å²) < 4.78 is 0. The summed E-state index contributed by atoms with van der Waals surface area (Å²) in [6.45, 7) is 7.51. The van der Waals surface area contributed by atoms with E-state index in [0.29, 0.717) is 12.5 Å². The lowest BCUT2D eigenvalue weighted by atomic mass is 9.89. The number of amides is 1. The highest BCUT2D eigenvalue weighted by Crippen LogP contribution is 2.22. The Morgan fingerprint density at radius 2 is 1.81 bits per heavy atom. The van der Waals surface area contributed by atoms with E-state index in [0.717, 1.165) is 6.54 Å². The van der Waals surface area contributed by atoms with E-state index in [1.165, 1.54) is 32.1 Å². The van der Waals surface area contributed by atoms with Gasteiger partial charge in [0, 0.05) is 12.1 Å². The van der Waals surface area contributed by atoms with Gasteiger partial charge in [-0.25, -0.2) is 0 Å². The summed E-state index contributed by atoms with van der Waals surface area (Å²) in [5, 5.41) is 6.22. The van der Waals surface area contributed by atoms with Gasteiger partial charge in [-0.05, 0) is 39.5 Å². The molecule has 1 aliphatic rings. The summed E-state index contributed by atoms with van der Waals surface area (Å²) in [5.74, 6) is 0.841. The predicted molar refractivity (Wildman–Crippen MR) is 67.3 cm³/mol. The van der Waals surface area contributed by atoms with Crippen molar-refractivity contribution >= 4 is 5.91 Å². The van der Waals surface area contributed by atoms with E-state index in [9.17, 15) is 4.79 Å². The number of hydrogen-bond acceptors (Lipinski definition) is 2. The molecule has 0 aromatic heterocycles. The third-order valence-corrected chi connectivity index (χ3v) is 3.09. The Bertz CT molecular complexity index is 214. The number of hydrogen-bond donors (Lipinski definition) is 2. The number of rotatable bonds is 4. The maximum Gasteiger partial charge on any atom is 0.233 e. The molecule has 0 heterocycles. The first kappa shape index (κ1) is 13.5. The SMILES string of the molecule is CC(C)(C)NCC(=O)NCC1CCCCC1. The predicted octanol–water partition coefficient (Wildman–Crippen LogP) is 2.07. The Labute approximate surface area is 99.4 Å². The van der Waals surface area contributed by atoms with Crippen LogP contribution in [-0.2, 0) is 4.79 Å². The average molecular weight is 226 g/mol. The van der Waals surface area contributed by atoms with Gasteiger partial charge in [0.05, 0.1) is 6.54 Å². The van der Waals surface area contributed by atoms with Crippen molar-refractivity contribution in [3.63, 3.8) is 0 Å². The zero-order chi connectivity index (χ0) is 12.0. The number of carbonyl (C=O) groups is 1. The average Bonchev–Trinajstić information content (AvgIpc) is 2.24. The quantitative estimate of drug-likeness (QED) is 0.770. The van der Waals surface area contributed by atoms with Gasteiger partial charge in [0.1, 0.15) is 0 Å². The van der Waals surface area contributed by atoms with Crippen molar-refractivity contribution in [2.24, 2.45) is 5.92 Å². The third-order valence-electron chi connectivity index (χ3n) is 3.09. The Hall–Kier alpha value is -0.570. The molecule has 1 fully saturated rings. The van der Waals surface area contributed by atoms with E-state index >= 15 is 0 Å². The molecule has 1 saturated carbocycles. The minimum Gasteiger partial charge on any atom is -0.355 e. The van der Waals surface area contributed by atoms with E-state index in [-0.39, 0.29) is 11.4 Å². The lowest BCUT2D eigenvalue weighted by Gasteiger charge is -2.23. The molecule has 0 aromatic rings. The maximum atomic E-state index is 11.6. The monoisotopic (exact) mass is 226 g/mol. The van der Waals surface area contributed by atoms with E-state index in [2.05, 4.69) is 31.4 Å². The van der Waals surface area contributed by atoms with Crippen LogP contribution in [-0.4, -0.2) is 24.5 Å². The Kier molecular flexibility index (Phi) is 5.26. The summed E-state index contributed by atoms with van der Waals surface area (Å²) in [7, 11) is 0. The van der Waals surface area contributed by atoms with E-state index < -0.39 is 0 Å². The largest absolute Gasteiger partial charge is 0.355 e. The molecule has 1 aliphatic carbocycles. The van der Waals surface area contributed by atoms with Gasteiger partial charge in [0.25, 0.3) is 0 Å². The van der Waals surface area contributed by atoms with Crippen LogP contribution in [0.5, 0.6) is 0 Å². The van der Waals surface area contributed by atoms with Crippen LogP contribution in [0.3, 0.4) is 0 Å². The van der Waals surface area contributed by atoms with E-state index in [1.54, 1.807) is 0 Å². The Morgan fingerprint density at radius 3 is 2.38 bits per heavy atom. The molecule has 16 heavy (non-hydrogen) atoms. The van der Waals surface area contributed by atoms with Crippen molar-refractivity contribution < 1.29 is 4.79 Å². The molecule has 0 aromatic carbocycles. The number of nitrogens with one attached hydrogen (secondary N) is 2. The fraction of sp³-hybridized carbons (Fsp3) is 0.923. The summed E-state index contributed by atoms with van der Waals surface area (Å²) in [6.07, 6.45) is 6.61. The molecule has 0 unspecified atom stereocenters. The first-order valence-electron chi connectivity index (χ1n) is 6.49. The van der Waals surface area contributed by atoms with Gasteiger partial charge in [-0.15, -0.1) is 0 Å². The second kappa shape index (κ2) is 6.24. The van der Waals surface area contributed by atoms with Crippen LogP contribution < -0.4 is 10.6 Å². The smallest absolute Gasteiger partial charge is 0.233 e. The maximum absolute atomic E-state index is 11.6. The van der Waals surface area contributed by atoms with Gasteiger partial charge >= 0.3 is 0 Å². The van der Waals surface area contributed by atoms with Gasteiger partial charge in [0.2, 0.25) is 5.91 Å². The van der Waals surface area contributed by atoms with Gasteiger partial charge < -0.3 is 10.6 Å². The Balaban J connectivity index is 2.09. The summed E-state index contributed by atoms with van der Waals surface area (Å²) in [4.78, 5) is 11.6. The summed E-state index contributed by atoms with van der Waals surface area (Å²) in [5.41, 5.74) is 0.0161. The highest BCUT2D eigenvalue weighted by atomic mass is 16.1. The topological polar surface area (TPSA) is 41.1 Å². The molecule has 1 amide bonds. The molecule has 0 saturated heterocycles. The van der Waals surface area contributed by atoms with Crippen molar-refractivity contribution in [1.29, 1.82) is 0 Å². The van der Waals surface area contributed by atoms with Crippen molar-refractivity contribution in [3.05, 3.63) is 0 Å². The van der Waals surface area contributed by atoms with Crippen molar-refractivity contribution in [2.75, 3.05) is 13.1 Å². The summed E-state index contributed by atoms with van der Waals surface area (Å²) >= 11 is 0. The second-order valence-corrected chi connectivity index (χ2v) is 5.91. The van der Waals surface area contributed by atoms with Crippen molar-refractivity contribution in [1.82, 2.24) is 10.6 Å². The molecular weight excluding hydrogens is 200 g/mol. The second-order valence-electron chi connectivity index (χ2n) is 5.91. The van der Waals surface area contributed by atoms with Crippen LogP contribution >= 0.6 is 0 Å². The van der Waals surface area contributed by atoms with Crippen molar-refractivity contribution in [3.8, 4) is 0 Å². The molecule has 2 N–H and O–H groups in total. The van der Waals surface area contributed by atoms with E-state index in [4.69, 9.17) is 0 Å². The zero-order valence-electron chi connectivity index (χ0n) is 10.9. The van der Waals surface area contributed by atoms with Crippen LogP contribution in [0.1, 0.15) is 52.9 Å². The Morgan fingerprint density at radius 1 is 1.19 bits per heavy atom. The van der Waals surface area contributed by atoms with Crippen LogP contribution in [0.15, 0.2) is 0 Å². The highest BCUT2D eigenvalue weighted by Gasteiger charge is 2.15. The standard InChI is InChI=1S/C13H26N2O/c1-13(2,3)15-10-12(16)14-9-11-7-5-4-6-8-11/h11,15H,4-10H2,1-3H3,(H,14,16). The molecule has 0 atom stereocenters. The molecule has 0 aliphatic heterocycles. The third kappa shape index (κ3) is 6.11. The molecule has 3 nitrogen and oxygen atoms in total. The lowest BCUT2D eigenvalue weighted by Crippen LogP contribution is -2.44. The van der Waals surface area contributed by atoms with Gasteiger partial charge in [0.15, 0.2) is 0 Å². The zero-order valence-corrected chi connectivity index (χ0v) is 10.9. The first-order valence-corrected chi connectivity index (χ1v) is 6.49. The van der Waals surface area contributed by atoms with Crippen LogP contribution in [0.2, 0.25) is 0 Å². The minimum atomic E-state index is 0.0161. The molecule has 0 bridgehead atoms.